The van der Waals surface area contributed by atoms with Crippen LogP contribution in [0.1, 0.15) is 12.5 Å². The monoisotopic (exact) mass is 467 g/mol. The zero-order chi connectivity index (χ0) is 24.5. The highest BCUT2D eigenvalue weighted by Crippen LogP contribution is 2.53. The first-order valence-corrected chi connectivity index (χ1v) is 11.9. The lowest BCUT2D eigenvalue weighted by molar-refractivity contribution is 1.17. The number of benzene rings is 4. The molecule has 0 radical (unpaired) electrons. The molecule has 1 aromatic heterocycles. The predicted octanol–water partition coefficient (Wildman–Crippen LogP) is 8.06. The van der Waals surface area contributed by atoms with Gasteiger partial charge in [0, 0.05) is 23.3 Å². The number of aliphatic imine (C=N–C) groups is 1. The first-order valence-electron chi connectivity index (χ1n) is 11.9. The average Bonchev–Trinajstić information content (AvgIpc) is 2.93. The van der Waals surface area contributed by atoms with Crippen LogP contribution in [0.15, 0.2) is 126 Å². The van der Waals surface area contributed by atoms with Crippen LogP contribution in [0.5, 0.6) is 0 Å². The van der Waals surface area contributed by atoms with E-state index < -0.39 is 0 Å². The third kappa shape index (κ3) is 3.77. The van der Waals surface area contributed by atoms with E-state index in [9.17, 15) is 0 Å². The first-order chi connectivity index (χ1) is 17.7. The van der Waals surface area contributed by atoms with Crippen molar-refractivity contribution in [3.63, 3.8) is 0 Å². The summed E-state index contributed by atoms with van der Waals surface area (Å²) < 4.78 is 0. The quantitative estimate of drug-likeness (QED) is 0.266. The van der Waals surface area contributed by atoms with Gasteiger partial charge in [-0.2, -0.15) is 0 Å². The normalized spacial score (nSPS) is 12.8. The van der Waals surface area contributed by atoms with Crippen LogP contribution in [0.2, 0.25) is 0 Å². The third-order valence-electron chi connectivity index (χ3n) is 6.38. The minimum absolute atomic E-state index is 0.541. The largest absolute Gasteiger partial charge is 0.396 e. The van der Waals surface area contributed by atoms with Crippen molar-refractivity contribution in [2.24, 2.45) is 4.99 Å². The van der Waals surface area contributed by atoms with Gasteiger partial charge in [0.1, 0.15) is 0 Å². The lowest BCUT2D eigenvalue weighted by Crippen LogP contribution is -2.23. The van der Waals surface area contributed by atoms with E-state index in [1.54, 1.807) is 6.20 Å². The molecular formula is C31H25N5. The maximum atomic E-state index is 6.03. The smallest absolute Gasteiger partial charge is 0.175 e. The maximum absolute atomic E-state index is 6.03. The van der Waals surface area contributed by atoms with Gasteiger partial charge in [-0.3, -0.25) is 0 Å². The second-order valence-electron chi connectivity index (χ2n) is 8.64. The molecule has 4 aromatic carbocycles. The van der Waals surface area contributed by atoms with Gasteiger partial charge >= 0.3 is 0 Å². The van der Waals surface area contributed by atoms with E-state index >= 15 is 0 Å². The number of hydrogen-bond acceptors (Lipinski definition) is 5. The number of para-hydroxylation sites is 5. The van der Waals surface area contributed by atoms with Crippen LogP contribution in [-0.4, -0.2) is 10.7 Å². The molecule has 2 heterocycles. The van der Waals surface area contributed by atoms with E-state index in [1.807, 2.05) is 25.1 Å². The highest BCUT2D eigenvalue weighted by molar-refractivity contribution is 6.03. The number of hydrogen-bond donors (Lipinski definition) is 1. The van der Waals surface area contributed by atoms with E-state index in [1.165, 1.54) is 0 Å². The predicted molar refractivity (Wildman–Crippen MR) is 150 cm³/mol. The fraction of sp³-hybridized carbons (Fsp3) is 0.0323. The number of anilines is 7. The highest BCUT2D eigenvalue weighted by atomic mass is 15.3. The molecule has 5 heteroatoms. The number of nitrogens with zero attached hydrogens (tertiary/aromatic N) is 4. The Hall–Kier alpha value is -4.90. The molecule has 0 aliphatic carbocycles. The zero-order valence-electron chi connectivity index (χ0n) is 19.9. The number of fused-ring (bicyclic) bond motifs is 2. The van der Waals surface area contributed by atoms with Gasteiger partial charge in [-0.25, -0.2) is 9.98 Å². The molecule has 174 valence electrons. The van der Waals surface area contributed by atoms with Crippen molar-refractivity contribution in [3.8, 4) is 0 Å². The number of aromatic nitrogens is 1. The molecule has 0 unspecified atom stereocenters. The Morgan fingerprint density at radius 3 is 1.64 bits per heavy atom. The number of pyridine rings is 1. The molecule has 1 aliphatic rings. The lowest BCUT2D eigenvalue weighted by atomic mass is 10.0. The van der Waals surface area contributed by atoms with E-state index in [4.69, 9.17) is 5.73 Å². The van der Waals surface area contributed by atoms with E-state index in [2.05, 4.69) is 117 Å². The molecule has 0 fully saturated rings. The molecule has 5 nitrogen and oxygen atoms in total. The van der Waals surface area contributed by atoms with E-state index in [0.717, 1.165) is 45.4 Å². The Morgan fingerprint density at radius 1 is 0.611 bits per heavy atom. The molecule has 0 bridgehead atoms. The number of rotatable bonds is 4. The molecule has 0 saturated heterocycles. The minimum Gasteiger partial charge on any atom is -0.396 e. The topological polar surface area (TPSA) is 57.8 Å². The summed E-state index contributed by atoms with van der Waals surface area (Å²) in [5, 5.41) is 0. The standard InChI is InChI=1S/C31H25N5/c1-22(34-31-26(32)12-9-21-33-31)23-17-19-25(20-18-23)36-29-15-7-5-13-27(29)35(24-10-3-2-4-11-24)28-14-6-8-16-30(28)36/h2-21H,32H2,1H3/b34-22+. The van der Waals surface area contributed by atoms with Crippen molar-refractivity contribution in [1.29, 1.82) is 0 Å². The fourth-order valence-electron chi connectivity index (χ4n) is 4.66. The van der Waals surface area contributed by atoms with Crippen molar-refractivity contribution >= 4 is 51.3 Å². The van der Waals surface area contributed by atoms with Crippen LogP contribution in [0, 0.1) is 0 Å². The SMILES string of the molecule is C/C(=N\c1ncccc1N)c1ccc(N2c3ccccc3N(c3ccccc3)c3ccccc32)cc1. The molecule has 0 spiro atoms. The van der Waals surface area contributed by atoms with Crippen LogP contribution >= 0.6 is 0 Å². The van der Waals surface area contributed by atoms with Crippen LogP contribution in [-0.2, 0) is 0 Å². The summed E-state index contributed by atoms with van der Waals surface area (Å²) in [5.41, 5.74) is 15.2. The molecule has 0 amide bonds. The average molecular weight is 468 g/mol. The van der Waals surface area contributed by atoms with E-state index in [0.29, 0.717) is 11.5 Å². The van der Waals surface area contributed by atoms with Crippen LogP contribution < -0.4 is 15.5 Å². The van der Waals surface area contributed by atoms with E-state index in [-0.39, 0.29) is 0 Å². The Balaban J connectivity index is 1.43. The van der Waals surface area contributed by atoms with Gasteiger partial charge in [-0.15, -0.1) is 0 Å². The molecular weight excluding hydrogens is 442 g/mol. The summed E-state index contributed by atoms with van der Waals surface area (Å²) in [5.74, 6) is 0.541. The van der Waals surface area contributed by atoms with Crippen LogP contribution in [0.25, 0.3) is 0 Å². The lowest BCUT2D eigenvalue weighted by Gasteiger charge is -2.40. The molecule has 2 N–H and O–H groups in total. The number of nitrogen functional groups attached to an aromatic ring is 1. The highest BCUT2D eigenvalue weighted by Gasteiger charge is 2.29. The Morgan fingerprint density at radius 2 is 1.11 bits per heavy atom. The molecule has 1 aliphatic heterocycles. The fourth-order valence-corrected chi connectivity index (χ4v) is 4.66. The van der Waals surface area contributed by atoms with Crippen molar-refractivity contribution in [1.82, 2.24) is 4.98 Å². The summed E-state index contributed by atoms with van der Waals surface area (Å²) in [6, 6.07) is 39.7. The molecule has 6 rings (SSSR count). The van der Waals surface area contributed by atoms with Crippen molar-refractivity contribution in [3.05, 3.63) is 127 Å². The minimum atomic E-state index is 0.541. The Kier molecular flexibility index (Phi) is 5.43. The summed E-state index contributed by atoms with van der Waals surface area (Å²) in [4.78, 5) is 13.6. The number of nitrogens with two attached hydrogens (primary N) is 1. The van der Waals surface area contributed by atoms with Gasteiger partial charge < -0.3 is 15.5 Å². The first kappa shape index (κ1) is 21.6. The molecule has 36 heavy (non-hydrogen) atoms. The van der Waals surface area contributed by atoms with Gasteiger partial charge in [0.15, 0.2) is 5.82 Å². The summed E-state index contributed by atoms with van der Waals surface area (Å²) in [6.07, 6.45) is 1.70. The molecule has 5 aromatic rings. The van der Waals surface area contributed by atoms with Crippen LogP contribution in [0.3, 0.4) is 0 Å². The maximum Gasteiger partial charge on any atom is 0.175 e. The Bertz CT molecular complexity index is 1510. The molecule has 0 atom stereocenters. The van der Waals surface area contributed by atoms with Crippen LogP contribution in [0.4, 0.5) is 45.6 Å². The third-order valence-corrected chi connectivity index (χ3v) is 6.38. The zero-order valence-corrected chi connectivity index (χ0v) is 19.9. The van der Waals surface area contributed by atoms with Crippen molar-refractivity contribution < 1.29 is 0 Å². The van der Waals surface area contributed by atoms with Crippen molar-refractivity contribution in [2.75, 3.05) is 15.5 Å². The van der Waals surface area contributed by atoms with Gasteiger partial charge in [0.05, 0.1) is 28.4 Å². The second-order valence-corrected chi connectivity index (χ2v) is 8.64. The van der Waals surface area contributed by atoms with Gasteiger partial charge in [-0.1, -0.05) is 54.6 Å². The van der Waals surface area contributed by atoms with Gasteiger partial charge in [0.2, 0.25) is 0 Å². The summed E-state index contributed by atoms with van der Waals surface area (Å²) in [6.45, 7) is 1.98. The van der Waals surface area contributed by atoms with Gasteiger partial charge in [-0.05, 0) is 73.2 Å². The second kappa shape index (κ2) is 9.04. The summed E-state index contributed by atoms with van der Waals surface area (Å²) >= 11 is 0. The molecule has 0 saturated carbocycles. The Labute approximate surface area is 210 Å². The summed E-state index contributed by atoms with van der Waals surface area (Å²) in [7, 11) is 0. The van der Waals surface area contributed by atoms with Gasteiger partial charge in [0.25, 0.3) is 0 Å². The van der Waals surface area contributed by atoms with Crippen molar-refractivity contribution in [2.45, 2.75) is 6.92 Å².